The van der Waals surface area contributed by atoms with Gasteiger partial charge in [0.25, 0.3) is 0 Å². The number of halogens is 4. The molecule has 1 fully saturated rings. The Morgan fingerprint density at radius 1 is 1.12 bits per heavy atom. The molecule has 6 nitrogen and oxygen atoms in total. The Hall–Kier alpha value is -3.67. The van der Waals surface area contributed by atoms with E-state index in [2.05, 4.69) is 11.4 Å². The molecule has 1 heterocycles. The van der Waals surface area contributed by atoms with Crippen molar-refractivity contribution in [3.8, 4) is 6.07 Å². The molecule has 1 aliphatic rings. The third-order valence-electron chi connectivity index (χ3n) is 7.18. The first-order chi connectivity index (χ1) is 18.8. The maximum Gasteiger partial charge on any atom is 0.322 e. The molecule has 208 valence electrons. The zero-order valence-electron chi connectivity index (χ0n) is 22.1. The molecule has 1 aliphatic heterocycles. The minimum atomic E-state index is -1.69. The first kappa shape index (κ1) is 29.3. The van der Waals surface area contributed by atoms with Gasteiger partial charge in [0.15, 0.2) is 0 Å². The van der Waals surface area contributed by atoms with Gasteiger partial charge in [-0.2, -0.15) is 5.26 Å². The fourth-order valence-electron chi connectivity index (χ4n) is 5.58. The zero-order chi connectivity index (χ0) is 29.4. The molecule has 3 N–H and O–H groups in total. The number of benzene rings is 3. The van der Waals surface area contributed by atoms with Gasteiger partial charge in [-0.3, -0.25) is 4.79 Å². The van der Waals surface area contributed by atoms with Gasteiger partial charge in [0, 0.05) is 39.9 Å². The first-order valence-corrected chi connectivity index (χ1v) is 13.3. The lowest BCUT2D eigenvalue weighted by molar-refractivity contribution is 0.1000. The highest BCUT2D eigenvalue weighted by Crippen LogP contribution is 2.56. The number of nitriles is 1. The molecule has 3 amide bonds. The maximum atomic E-state index is 15.7. The van der Waals surface area contributed by atoms with Crippen LogP contribution >= 0.6 is 23.2 Å². The van der Waals surface area contributed by atoms with Crippen molar-refractivity contribution in [2.75, 3.05) is 11.9 Å². The molecule has 3 aromatic carbocycles. The number of primary amides is 1. The third kappa shape index (κ3) is 5.49. The van der Waals surface area contributed by atoms with Crippen molar-refractivity contribution in [2.45, 2.75) is 38.6 Å². The molecular weight excluding hydrogens is 557 g/mol. The van der Waals surface area contributed by atoms with E-state index in [0.717, 1.165) is 6.07 Å². The van der Waals surface area contributed by atoms with Crippen LogP contribution in [0.25, 0.3) is 0 Å². The summed E-state index contributed by atoms with van der Waals surface area (Å²) in [4.78, 5) is 26.6. The Balaban J connectivity index is 1.92. The number of nitrogens with zero attached hydrogens (tertiary/aromatic N) is 2. The van der Waals surface area contributed by atoms with Gasteiger partial charge in [-0.15, -0.1) is 0 Å². The standard InChI is InChI=1S/C30H28Cl2F2N4O2/c1-29(2,3)14-18-15-38(28(40)37-20-10-7-17(8-11-20)27(36)39)26(21-5-4-6-23(32)25(21)34)30(18,16-35)22-12-9-19(31)13-24(22)33/h4-13,18,26H,14-15H2,1-3H3,(H2,36,39)(H,37,40). The summed E-state index contributed by atoms with van der Waals surface area (Å²) >= 11 is 12.2. The fourth-order valence-corrected chi connectivity index (χ4v) is 5.92. The zero-order valence-corrected chi connectivity index (χ0v) is 23.7. The van der Waals surface area contributed by atoms with Crippen molar-refractivity contribution >= 4 is 40.8 Å². The largest absolute Gasteiger partial charge is 0.366 e. The van der Waals surface area contributed by atoms with Crippen LogP contribution in [0, 0.1) is 34.3 Å². The average Bonchev–Trinajstić information content (AvgIpc) is 3.19. The van der Waals surface area contributed by atoms with Crippen LogP contribution in [0.4, 0.5) is 19.3 Å². The fraction of sp³-hybridized carbons (Fsp3) is 0.300. The summed E-state index contributed by atoms with van der Waals surface area (Å²) in [5.74, 6) is -2.75. The molecule has 0 bridgehead atoms. The van der Waals surface area contributed by atoms with Crippen LogP contribution in [0.5, 0.6) is 0 Å². The van der Waals surface area contributed by atoms with E-state index in [0.29, 0.717) is 12.1 Å². The third-order valence-corrected chi connectivity index (χ3v) is 7.71. The number of nitrogens with two attached hydrogens (primary N) is 1. The van der Waals surface area contributed by atoms with Crippen LogP contribution in [0.15, 0.2) is 60.7 Å². The molecule has 0 saturated carbocycles. The number of nitrogens with one attached hydrogen (secondary N) is 1. The average molecular weight is 585 g/mol. The molecule has 0 spiro atoms. The molecule has 3 unspecified atom stereocenters. The van der Waals surface area contributed by atoms with E-state index in [9.17, 15) is 14.9 Å². The van der Waals surface area contributed by atoms with Crippen LogP contribution in [-0.4, -0.2) is 23.4 Å². The van der Waals surface area contributed by atoms with Gasteiger partial charge in [0.1, 0.15) is 17.0 Å². The Labute approximate surface area is 241 Å². The molecule has 40 heavy (non-hydrogen) atoms. The van der Waals surface area contributed by atoms with Gasteiger partial charge in [-0.05, 0) is 54.3 Å². The highest BCUT2D eigenvalue weighted by Gasteiger charge is 2.60. The predicted molar refractivity (Wildman–Crippen MR) is 151 cm³/mol. The highest BCUT2D eigenvalue weighted by atomic mass is 35.5. The summed E-state index contributed by atoms with van der Waals surface area (Å²) in [6.45, 7) is 5.96. The summed E-state index contributed by atoms with van der Waals surface area (Å²) in [6, 6.07) is 14.7. The van der Waals surface area contributed by atoms with Crippen LogP contribution in [0.3, 0.4) is 0 Å². The minimum absolute atomic E-state index is 0.0131. The molecule has 10 heteroatoms. The summed E-state index contributed by atoms with van der Waals surface area (Å²) < 4.78 is 31.4. The van der Waals surface area contributed by atoms with Crippen LogP contribution in [-0.2, 0) is 5.41 Å². The van der Waals surface area contributed by atoms with Crippen LogP contribution in [0.1, 0.15) is 54.7 Å². The number of hydrogen-bond acceptors (Lipinski definition) is 3. The second kappa shape index (κ2) is 11.1. The van der Waals surface area contributed by atoms with Crippen molar-refractivity contribution in [1.82, 2.24) is 4.90 Å². The Morgan fingerprint density at radius 3 is 2.38 bits per heavy atom. The van der Waals surface area contributed by atoms with E-state index in [1.807, 2.05) is 20.8 Å². The quantitative estimate of drug-likeness (QED) is 0.325. The molecule has 3 atom stereocenters. The molecule has 0 aromatic heterocycles. The lowest BCUT2D eigenvalue weighted by atomic mass is 9.63. The van der Waals surface area contributed by atoms with E-state index < -0.39 is 40.9 Å². The maximum absolute atomic E-state index is 15.7. The smallest absolute Gasteiger partial charge is 0.322 e. The molecule has 3 aromatic rings. The van der Waals surface area contributed by atoms with Gasteiger partial charge in [0.05, 0.1) is 17.1 Å². The number of amides is 3. The van der Waals surface area contributed by atoms with Crippen molar-refractivity contribution < 1.29 is 18.4 Å². The second-order valence-electron chi connectivity index (χ2n) is 11.1. The molecular formula is C30H28Cl2F2N4O2. The van der Waals surface area contributed by atoms with Gasteiger partial charge >= 0.3 is 6.03 Å². The topological polar surface area (TPSA) is 99.2 Å². The summed E-state index contributed by atoms with van der Waals surface area (Å²) in [5.41, 5.74) is 3.89. The molecule has 0 aliphatic carbocycles. The Kier molecular flexibility index (Phi) is 8.11. The number of carbonyl (C=O) groups excluding carboxylic acids is 2. The molecule has 1 saturated heterocycles. The van der Waals surface area contributed by atoms with Crippen molar-refractivity contribution in [3.63, 3.8) is 0 Å². The number of rotatable bonds is 5. The van der Waals surface area contributed by atoms with E-state index in [1.165, 1.54) is 59.5 Å². The number of anilines is 1. The van der Waals surface area contributed by atoms with Crippen molar-refractivity contribution in [1.29, 1.82) is 5.26 Å². The molecule has 0 radical (unpaired) electrons. The summed E-state index contributed by atoms with van der Waals surface area (Å²) in [6.07, 6.45) is 0.415. The predicted octanol–water partition coefficient (Wildman–Crippen LogP) is 7.47. The monoisotopic (exact) mass is 584 g/mol. The van der Waals surface area contributed by atoms with Crippen molar-refractivity contribution in [2.24, 2.45) is 17.1 Å². The highest BCUT2D eigenvalue weighted by molar-refractivity contribution is 6.31. The Bertz CT molecular complexity index is 1500. The lowest BCUT2D eigenvalue weighted by Gasteiger charge is -2.38. The van der Waals surface area contributed by atoms with Gasteiger partial charge < -0.3 is 16.0 Å². The lowest BCUT2D eigenvalue weighted by Crippen LogP contribution is -2.42. The summed E-state index contributed by atoms with van der Waals surface area (Å²) in [5, 5.41) is 13.6. The normalized spacial score (nSPS) is 20.7. The minimum Gasteiger partial charge on any atom is -0.366 e. The van der Waals surface area contributed by atoms with E-state index in [-0.39, 0.29) is 38.7 Å². The number of likely N-dealkylation sites (tertiary alicyclic amines) is 1. The number of hydrogen-bond donors (Lipinski definition) is 2. The summed E-state index contributed by atoms with van der Waals surface area (Å²) in [7, 11) is 0. The first-order valence-electron chi connectivity index (χ1n) is 12.6. The van der Waals surface area contributed by atoms with E-state index in [1.54, 1.807) is 0 Å². The van der Waals surface area contributed by atoms with Gasteiger partial charge in [-0.1, -0.05) is 62.2 Å². The Morgan fingerprint density at radius 2 is 1.80 bits per heavy atom. The van der Waals surface area contributed by atoms with E-state index >= 15 is 8.78 Å². The van der Waals surface area contributed by atoms with Gasteiger partial charge in [0.2, 0.25) is 5.91 Å². The molecule has 4 rings (SSSR count). The number of carbonyl (C=O) groups is 2. The van der Waals surface area contributed by atoms with Crippen LogP contribution in [0.2, 0.25) is 10.0 Å². The van der Waals surface area contributed by atoms with Gasteiger partial charge in [-0.25, -0.2) is 13.6 Å². The number of urea groups is 1. The van der Waals surface area contributed by atoms with Crippen molar-refractivity contribution in [3.05, 3.63) is 99.0 Å². The van der Waals surface area contributed by atoms with Crippen LogP contribution < -0.4 is 11.1 Å². The SMILES string of the molecule is CC(C)(C)CC1CN(C(=O)Nc2ccc(C(N)=O)cc2)C(c2cccc(Cl)c2F)C1(C#N)c1ccc(Cl)cc1F. The van der Waals surface area contributed by atoms with E-state index in [4.69, 9.17) is 28.9 Å². The second-order valence-corrected chi connectivity index (χ2v) is 12.0.